The fraction of sp³-hybridized carbons (Fsp3) is 0.143. The van der Waals surface area contributed by atoms with Crippen molar-refractivity contribution in [2.45, 2.75) is 6.92 Å². The Morgan fingerprint density at radius 2 is 2.10 bits per heavy atom. The highest BCUT2D eigenvalue weighted by atomic mass is 79.9. The Morgan fingerprint density at radius 1 is 1.40 bits per heavy atom. The summed E-state index contributed by atoms with van der Waals surface area (Å²) in [6.45, 7) is 2.06. The number of nitrogens with one attached hydrogen (secondary N) is 1. The van der Waals surface area contributed by atoms with E-state index < -0.39 is 0 Å². The lowest BCUT2D eigenvalue weighted by atomic mass is 10.2. The lowest BCUT2D eigenvalue weighted by Crippen LogP contribution is -1.78. The van der Waals surface area contributed by atoms with Crippen molar-refractivity contribution in [3.8, 4) is 0 Å². The summed E-state index contributed by atoms with van der Waals surface area (Å²) in [6.07, 6.45) is 0. The molecule has 0 fully saturated rings. The highest BCUT2D eigenvalue weighted by molar-refractivity contribution is 9.10. The van der Waals surface area contributed by atoms with Crippen molar-refractivity contribution in [1.82, 2.24) is 0 Å². The molecule has 0 aliphatic carbocycles. The van der Waals surface area contributed by atoms with Crippen molar-refractivity contribution in [3.63, 3.8) is 0 Å². The second-order valence-corrected chi connectivity index (χ2v) is 2.36. The Bertz CT molecular complexity index is 203. The van der Waals surface area contributed by atoms with Gasteiger partial charge in [0, 0.05) is 21.8 Å². The van der Waals surface area contributed by atoms with Crippen LogP contribution in [0.15, 0.2) is 24.3 Å². The molecule has 10 heavy (non-hydrogen) atoms. The maximum atomic E-state index is 3.14. The van der Waals surface area contributed by atoms with E-state index in [0.717, 1.165) is 5.69 Å². The fourth-order valence-electron chi connectivity index (χ4n) is 0.704. The summed E-state index contributed by atoms with van der Waals surface area (Å²) >= 11 is 3.14. The third-order valence-electron chi connectivity index (χ3n) is 1.13. The maximum Gasteiger partial charge on any atom is 0.0465 e. The van der Waals surface area contributed by atoms with Crippen LogP contribution in [-0.2, 0) is 0 Å². The smallest absolute Gasteiger partial charge is 0.0465 e. The van der Waals surface area contributed by atoms with Crippen LogP contribution in [0.5, 0.6) is 0 Å². The second-order valence-electron chi connectivity index (χ2n) is 1.96. The van der Waals surface area contributed by atoms with E-state index in [0.29, 0.717) is 0 Å². The minimum absolute atomic E-state index is 0. The molecule has 0 atom stereocenters. The predicted octanol–water partition coefficient (Wildman–Crippen LogP) is 3.14. The first-order valence-electron chi connectivity index (χ1n) is 2.76. The van der Waals surface area contributed by atoms with Gasteiger partial charge in [-0.2, -0.15) is 0 Å². The van der Waals surface area contributed by atoms with Gasteiger partial charge < -0.3 is 4.34 Å². The van der Waals surface area contributed by atoms with Crippen LogP contribution in [-0.4, -0.2) is 0 Å². The van der Waals surface area contributed by atoms with Gasteiger partial charge in [0.05, 0.1) is 0 Å². The molecule has 0 radical (unpaired) electrons. The molecule has 0 aliphatic heterocycles. The molecule has 0 heterocycles. The molecular formula is C7H9BrClN. The standard InChI is InChI=1S/C7H8BrN.ClH/c1-6-3-2-4-7(5-6)9-8;/h2-5,9H,1H3;1H. The number of hydrogen-bond acceptors (Lipinski definition) is 1. The minimum Gasteiger partial charge on any atom is -0.322 e. The van der Waals surface area contributed by atoms with Crippen LogP contribution in [0, 0.1) is 6.92 Å². The predicted molar refractivity (Wildman–Crippen MR) is 51.0 cm³/mol. The van der Waals surface area contributed by atoms with E-state index in [2.05, 4.69) is 39.5 Å². The van der Waals surface area contributed by atoms with E-state index in [1.165, 1.54) is 5.56 Å². The van der Waals surface area contributed by atoms with Gasteiger partial charge in [-0.3, -0.25) is 0 Å². The van der Waals surface area contributed by atoms with Crippen molar-refractivity contribution >= 4 is 34.2 Å². The van der Waals surface area contributed by atoms with Crippen molar-refractivity contribution in [2.75, 3.05) is 4.34 Å². The second kappa shape index (κ2) is 4.58. The molecule has 0 bridgehead atoms. The van der Waals surface area contributed by atoms with E-state index in [1.54, 1.807) is 0 Å². The molecule has 1 aromatic rings. The van der Waals surface area contributed by atoms with Crippen LogP contribution < -0.4 is 4.34 Å². The van der Waals surface area contributed by atoms with Gasteiger partial charge in [-0.1, -0.05) is 12.1 Å². The number of halogens is 2. The van der Waals surface area contributed by atoms with E-state index >= 15 is 0 Å². The summed E-state index contributed by atoms with van der Waals surface area (Å²) in [6, 6.07) is 8.14. The minimum atomic E-state index is 0. The molecule has 1 aromatic carbocycles. The highest BCUT2D eigenvalue weighted by Crippen LogP contribution is 2.10. The van der Waals surface area contributed by atoms with Gasteiger partial charge in [-0.05, 0) is 24.6 Å². The highest BCUT2D eigenvalue weighted by Gasteiger charge is 1.85. The van der Waals surface area contributed by atoms with Crippen molar-refractivity contribution in [1.29, 1.82) is 0 Å². The van der Waals surface area contributed by atoms with Crippen LogP contribution in [0.3, 0.4) is 0 Å². The first kappa shape index (κ1) is 9.79. The number of rotatable bonds is 1. The molecule has 0 amide bonds. The van der Waals surface area contributed by atoms with Crippen molar-refractivity contribution in [2.24, 2.45) is 0 Å². The van der Waals surface area contributed by atoms with Crippen molar-refractivity contribution in [3.05, 3.63) is 29.8 Å². The van der Waals surface area contributed by atoms with Gasteiger partial charge in [0.1, 0.15) is 0 Å². The van der Waals surface area contributed by atoms with Crippen LogP contribution in [0.2, 0.25) is 0 Å². The van der Waals surface area contributed by atoms with Gasteiger partial charge in [-0.25, -0.2) is 0 Å². The average molecular weight is 223 g/mol. The van der Waals surface area contributed by atoms with Crippen molar-refractivity contribution < 1.29 is 0 Å². The normalized spacial score (nSPS) is 8.20. The first-order chi connectivity index (χ1) is 4.33. The van der Waals surface area contributed by atoms with E-state index in [4.69, 9.17) is 0 Å². The number of benzene rings is 1. The number of hydrogen-bond donors (Lipinski definition) is 1. The summed E-state index contributed by atoms with van der Waals surface area (Å²) in [5.74, 6) is 0. The third-order valence-corrected chi connectivity index (χ3v) is 1.59. The summed E-state index contributed by atoms with van der Waals surface area (Å²) in [5.41, 5.74) is 2.36. The quantitative estimate of drug-likeness (QED) is 0.720. The number of anilines is 1. The molecule has 1 rings (SSSR count). The average Bonchev–Trinajstić information content (AvgIpc) is 1.88. The molecule has 0 saturated carbocycles. The van der Waals surface area contributed by atoms with E-state index in [1.807, 2.05) is 12.1 Å². The molecule has 0 unspecified atom stereocenters. The Labute approximate surface area is 75.6 Å². The summed E-state index contributed by atoms with van der Waals surface area (Å²) in [7, 11) is 0. The Hall–Kier alpha value is -0.210. The van der Waals surface area contributed by atoms with Gasteiger partial charge in [0.25, 0.3) is 0 Å². The Morgan fingerprint density at radius 3 is 2.50 bits per heavy atom. The zero-order valence-electron chi connectivity index (χ0n) is 5.60. The Balaban J connectivity index is 0.000000810. The molecule has 0 saturated heterocycles. The van der Waals surface area contributed by atoms with Crippen LogP contribution in [0.1, 0.15) is 5.56 Å². The molecule has 56 valence electrons. The molecule has 3 heteroatoms. The van der Waals surface area contributed by atoms with E-state index in [-0.39, 0.29) is 12.4 Å². The summed E-state index contributed by atoms with van der Waals surface area (Å²) < 4.78 is 2.88. The Kier molecular flexibility index (Phi) is 4.49. The van der Waals surface area contributed by atoms with Gasteiger partial charge in [-0.15, -0.1) is 12.4 Å². The lowest BCUT2D eigenvalue weighted by molar-refractivity contribution is 1.48. The third kappa shape index (κ3) is 2.58. The van der Waals surface area contributed by atoms with E-state index in [9.17, 15) is 0 Å². The van der Waals surface area contributed by atoms with Crippen LogP contribution in [0.25, 0.3) is 0 Å². The molecule has 0 aromatic heterocycles. The van der Waals surface area contributed by atoms with Gasteiger partial charge in [0.2, 0.25) is 0 Å². The molecule has 1 nitrogen and oxygen atoms in total. The van der Waals surface area contributed by atoms with Gasteiger partial charge in [0.15, 0.2) is 0 Å². The fourth-order valence-corrected chi connectivity index (χ4v) is 0.950. The maximum absolute atomic E-state index is 3.14. The zero-order valence-corrected chi connectivity index (χ0v) is 8.00. The van der Waals surface area contributed by atoms with Crippen LogP contribution in [0.4, 0.5) is 5.69 Å². The zero-order chi connectivity index (χ0) is 6.69. The van der Waals surface area contributed by atoms with Gasteiger partial charge >= 0.3 is 0 Å². The molecule has 0 spiro atoms. The molecule has 0 aliphatic rings. The molecule has 1 N–H and O–H groups in total. The summed E-state index contributed by atoms with van der Waals surface area (Å²) in [4.78, 5) is 0. The topological polar surface area (TPSA) is 12.0 Å². The van der Waals surface area contributed by atoms with Crippen LogP contribution >= 0.6 is 28.6 Å². The first-order valence-corrected chi connectivity index (χ1v) is 3.55. The largest absolute Gasteiger partial charge is 0.322 e. The lowest BCUT2D eigenvalue weighted by Gasteiger charge is -1.96. The summed E-state index contributed by atoms with van der Waals surface area (Å²) in [5, 5.41) is 0. The molecular weight excluding hydrogens is 213 g/mol. The SMILES string of the molecule is Cc1cccc(NBr)c1.Cl. The monoisotopic (exact) mass is 221 g/mol. The number of aryl methyl sites for hydroxylation is 1.